The van der Waals surface area contributed by atoms with Crippen molar-refractivity contribution in [3.05, 3.63) is 0 Å². The van der Waals surface area contributed by atoms with Gasteiger partial charge in [-0.1, -0.05) is 0 Å². The molecule has 2 fully saturated rings. The standard InChI is InChI=1S/C8H14FN/c9-6-5-8(3-4-8)2-1-7(6)10/h6-7H,1-5,10H2/t6-,7-/m0/s1. The van der Waals surface area contributed by atoms with E-state index >= 15 is 0 Å². The molecule has 1 spiro atoms. The molecule has 10 heavy (non-hydrogen) atoms. The Hall–Kier alpha value is -0.110. The Bertz CT molecular complexity index is 142. The minimum Gasteiger partial charge on any atom is -0.325 e. The molecular weight excluding hydrogens is 129 g/mol. The van der Waals surface area contributed by atoms with Crippen LogP contribution in [0.15, 0.2) is 0 Å². The Labute approximate surface area is 60.8 Å². The van der Waals surface area contributed by atoms with Gasteiger partial charge >= 0.3 is 0 Å². The molecule has 2 rings (SSSR count). The van der Waals surface area contributed by atoms with Crippen molar-refractivity contribution in [2.45, 2.75) is 44.3 Å². The molecule has 58 valence electrons. The average Bonchev–Trinajstić information content (AvgIpc) is 2.62. The summed E-state index contributed by atoms with van der Waals surface area (Å²) in [5.41, 5.74) is 5.98. The summed E-state index contributed by atoms with van der Waals surface area (Å²) in [6, 6.07) is -0.161. The second-order valence-corrected chi connectivity index (χ2v) is 3.92. The number of alkyl halides is 1. The van der Waals surface area contributed by atoms with Gasteiger partial charge in [-0.15, -0.1) is 0 Å². The Morgan fingerprint density at radius 1 is 1.30 bits per heavy atom. The van der Waals surface area contributed by atoms with Crippen molar-refractivity contribution in [3.8, 4) is 0 Å². The molecule has 0 amide bonds. The third kappa shape index (κ3) is 0.947. The van der Waals surface area contributed by atoms with E-state index in [0.29, 0.717) is 5.41 Å². The Balaban J connectivity index is 1.98. The summed E-state index contributed by atoms with van der Waals surface area (Å²) in [5, 5.41) is 0. The second kappa shape index (κ2) is 1.94. The molecule has 0 unspecified atom stereocenters. The van der Waals surface area contributed by atoms with Crippen LogP contribution in [0.4, 0.5) is 4.39 Å². The van der Waals surface area contributed by atoms with Crippen LogP contribution in [-0.2, 0) is 0 Å². The monoisotopic (exact) mass is 143 g/mol. The highest BCUT2D eigenvalue weighted by Crippen LogP contribution is 2.56. The van der Waals surface area contributed by atoms with Crippen molar-refractivity contribution in [1.29, 1.82) is 0 Å². The van der Waals surface area contributed by atoms with Crippen LogP contribution < -0.4 is 5.73 Å². The van der Waals surface area contributed by atoms with Gasteiger partial charge in [0.2, 0.25) is 0 Å². The van der Waals surface area contributed by atoms with E-state index < -0.39 is 6.17 Å². The quantitative estimate of drug-likeness (QED) is 0.548. The van der Waals surface area contributed by atoms with Crippen LogP contribution >= 0.6 is 0 Å². The molecular formula is C8H14FN. The van der Waals surface area contributed by atoms with Crippen LogP contribution in [0.25, 0.3) is 0 Å². The lowest BCUT2D eigenvalue weighted by molar-refractivity contribution is 0.159. The van der Waals surface area contributed by atoms with Crippen LogP contribution in [0, 0.1) is 5.41 Å². The van der Waals surface area contributed by atoms with Crippen molar-refractivity contribution in [1.82, 2.24) is 0 Å². The van der Waals surface area contributed by atoms with Crippen molar-refractivity contribution >= 4 is 0 Å². The number of hydrogen-bond donors (Lipinski definition) is 1. The van der Waals surface area contributed by atoms with E-state index in [1.807, 2.05) is 0 Å². The normalized spacial score (nSPS) is 43.8. The summed E-state index contributed by atoms with van der Waals surface area (Å²) in [7, 11) is 0. The van der Waals surface area contributed by atoms with E-state index in [4.69, 9.17) is 5.73 Å². The van der Waals surface area contributed by atoms with Crippen molar-refractivity contribution in [2.24, 2.45) is 11.1 Å². The van der Waals surface area contributed by atoms with E-state index in [2.05, 4.69) is 0 Å². The molecule has 2 aliphatic rings. The van der Waals surface area contributed by atoms with Gasteiger partial charge in [-0.05, 0) is 37.5 Å². The molecule has 2 atom stereocenters. The average molecular weight is 143 g/mol. The third-order valence-electron chi connectivity index (χ3n) is 3.06. The zero-order chi connectivity index (χ0) is 7.19. The van der Waals surface area contributed by atoms with Gasteiger partial charge in [0.05, 0.1) is 0 Å². The number of halogens is 1. The first kappa shape index (κ1) is 6.59. The highest BCUT2D eigenvalue weighted by Gasteiger charge is 2.48. The van der Waals surface area contributed by atoms with Crippen molar-refractivity contribution in [2.75, 3.05) is 0 Å². The van der Waals surface area contributed by atoms with E-state index in [1.165, 1.54) is 19.3 Å². The lowest BCUT2D eigenvalue weighted by Crippen LogP contribution is -2.38. The van der Waals surface area contributed by atoms with E-state index in [1.54, 1.807) is 0 Å². The van der Waals surface area contributed by atoms with Crippen LogP contribution in [-0.4, -0.2) is 12.2 Å². The zero-order valence-corrected chi connectivity index (χ0v) is 6.15. The minimum absolute atomic E-state index is 0.161. The topological polar surface area (TPSA) is 26.0 Å². The first-order valence-corrected chi connectivity index (χ1v) is 4.12. The third-order valence-corrected chi connectivity index (χ3v) is 3.06. The van der Waals surface area contributed by atoms with Gasteiger partial charge in [-0.3, -0.25) is 0 Å². The first-order chi connectivity index (χ1) is 4.72. The predicted molar refractivity (Wildman–Crippen MR) is 38.4 cm³/mol. The zero-order valence-electron chi connectivity index (χ0n) is 6.15. The SMILES string of the molecule is N[C@H]1CCC2(CC2)C[C@@H]1F. The van der Waals surface area contributed by atoms with Crippen LogP contribution in [0.1, 0.15) is 32.1 Å². The fourth-order valence-electron chi connectivity index (χ4n) is 1.95. The van der Waals surface area contributed by atoms with Crippen LogP contribution in [0.2, 0.25) is 0 Å². The summed E-state index contributed by atoms with van der Waals surface area (Å²) in [5.74, 6) is 0. The van der Waals surface area contributed by atoms with Crippen LogP contribution in [0.5, 0.6) is 0 Å². The molecule has 1 nitrogen and oxygen atoms in total. The van der Waals surface area contributed by atoms with Gasteiger partial charge in [0.25, 0.3) is 0 Å². The lowest BCUT2D eigenvalue weighted by atomic mass is 9.82. The van der Waals surface area contributed by atoms with Crippen LogP contribution in [0.3, 0.4) is 0 Å². The fourth-order valence-corrected chi connectivity index (χ4v) is 1.95. The summed E-state index contributed by atoms with van der Waals surface area (Å²) in [6.45, 7) is 0. The molecule has 0 heterocycles. The molecule has 2 heteroatoms. The van der Waals surface area contributed by atoms with Crippen molar-refractivity contribution in [3.63, 3.8) is 0 Å². The molecule has 0 saturated heterocycles. The maximum atomic E-state index is 13.0. The van der Waals surface area contributed by atoms with Gasteiger partial charge < -0.3 is 5.73 Å². The molecule has 2 saturated carbocycles. The minimum atomic E-state index is -0.712. The van der Waals surface area contributed by atoms with Gasteiger partial charge in [0, 0.05) is 6.04 Å². The molecule has 0 aromatic heterocycles. The van der Waals surface area contributed by atoms with E-state index in [9.17, 15) is 4.39 Å². The maximum absolute atomic E-state index is 13.0. The van der Waals surface area contributed by atoms with Gasteiger partial charge in [0.15, 0.2) is 0 Å². The number of nitrogens with two attached hydrogens (primary N) is 1. The summed E-state index contributed by atoms with van der Waals surface area (Å²) < 4.78 is 13.0. The number of rotatable bonds is 0. The summed E-state index contributed by atoms with van der Waals surface area (Å²) >= 11 is 0. The molecule has 0 bridgehead atoms. The number of hydrogen-bond acceptors (Lipinski definition) is 1. The maximum Gasteiger partial charge on any atom is 0.116 e. The first-order valence-electron chi connectivity index (χ1n) is 4.12. The van der Waals surface area contributed by atoms with Gasteiger partial charge in [-0.2, -0.15) is 0 Å². The van der Waals surface area contributed by atoms with E-state index in [0.717, 1.165) is 12.8 Å². The van der Waals surface area contributed by atoms with Crippen molar-refractivity contribution < 1.29 is 4.39 Å². The second-order valence-electron chi connectivity index (χ2n) is 3.92. The highest BCUT2D eigenvalue weighted by molar-refractivity contribution is 5.00. The Morgan fingerprint density at radius 2 is 2.00 bits per heavy atom. The summed E-state index contributed by atoms with van der Waals surface area (Å²) in [6.07, 6.45) is 4.61. The largest absolute Gasteiger partial charge is 0.325 e. The molecule has 2 aliphatic carbocycles. The van der Waals surface area contributed by atoms with Gasteiger partial charge in [-0.25, -0.2) is 4.39 Å². The molecule has 0 aromatic rings. The molecule has 0 aromatic carbocycles. The highest BCUT2D eigenvalue weighted by atomic mass is 19.1. The van der Waals surface area contributed by atoms with Gasteiger partial charge in [0.1, 0.15) is 6.17 Å². The summed E-state index contributed by atoms with van der Waals surface area (Å²) in [4.78, 5) is 0. The smallest absolute Gasteiger partial charge is 0.116 e. The Kier molecular flexibility index (Phi) is 1.28. The molecule has 0 aliphatic heterocycles. The Morgan fingerprint density at radius 3 is 2.50 bits per heavy atom. The fraction of sp³-hybridized carbons (Fsp3) is 1.00. The lowest BCUT2D eigenvalue weighted by Gasteiger charge is -2.29. The predicted octanol–water partition coefficient (Wildman–Crippen LogP) is 1.62. The molecule has 0 radical (unpaired) electrons. The van der Waals surface area contributed by atoms with E-state index in [-0.39, 0.29) is 6.04 Å². The molecule has 2 N–H and O–H groups in total.